The monoisotopic (exact) mass is 268 g/mol. The fourth-order valence-electron chi connectivity index (χ4n) is 2.26. The van der Waals surface area contributed by atoms with Crippen LogP contribution in [0.1, 0.15) is 32.0 Å². The second-order valence-corrected chi connectivity index (χ2v) is 4.81. The van der Waals surface area contributed by atoms with E-state index in [2.05, 4.69) is 9.97 Å². The lowest BCUT2D eigenvalue weighted by Gasteiger charge is -2.34. The molecule has 0 radical (unpaired) electrons. The minimum Gasteiger partial charge on any atom is -0.368 e. The molecule has 0 saturated carbocycles. The quantitative estimate of drug-likeness (QED) is 0.844. The van der Waals surface area contributed by atoms with Gasteiger partial charge in [0.25, 0.3) is 0 Å². The number of carbonyl (C=O) groups excluding carboxylic acids is 1. The number of hydrogen-bond donors (Lipinski definition) is 1. The minimum atomic E-state index is -0.303. The van der Waals surface area contributed by atoms with Crippen LogP contribution in [0.5, 0.6) is 0 Å². The number of nitrogens with zero attached hydrogens (tertiary/aromatic N) is 3. The molecule has 0 spiro atoms. The highest BCUT2D eigenvalue weighted by Gasteiger charge is 2.28. The minimum absolute atomic E-state index is 0.283. The molecule has 1 aromatic rings. The maximum absolute atomic E-state index is 11.5. The Hall–Kier alpha value is -1.36. The summed E-state index contributed by atoms with van der Waals surface area (Å²) in [6, 6.07) is 1.41. The zero-order valence-electron chi connectivity index (χ0n) is 10.4. The number of amides is 1. The Morgan fingerprint density at radius 2 is 2.33 bits per heavy atom. The Morgan fingerprint density at radius 1 is 1.56 bits per heavy atom. The third-order valence-corrected chi connectivity index (χ3v) is 3.36. The van der Waals surface area contributed by atoms with E-state index in [4.69, 9.17) is 17.3 Å². The molecule has 0 bridgehead atoms. The highest BCUT2D eigenvalue weighted by Crippen LogP contribution is 2.24. The smallest absolute Gasteiger partial charge is 0.240 e. The fraction of sp³-hybridized carbons (Fsp3) is 0.583. The fourth-order valence-corrected chi connectivity index (χ4v) is 2.45. The van der Waals surface area contributed by atoms with Gasteiger partial charge in [0, 0.05) is 19.0 Å². The average molecular weight is 269 g/mol. The number of piperidine rings is 1. The van der Waals surface area contributed by atoms with Gasteiger partial charge in [0.15, 0.2) is 0 Å². The van der Waals surface area contributed by atoms with Crippen LogP contribution in [-0.4, -0.2) is 28.5 Å². The van der Waals surface area contributed by atoms with E-state index < -0.39 is 0 Å². The first-order valence-electron chi connectivity index (χ1n) is 6.21. The average Bonchev–Trinajstić information content (AvgIpc) is 2.38. The van der Waals surface area contributed by atoms with Crippen molar-refractivity contribution in [1.82, 2.24) is 9.97 Å². The van der Waals surface area contributed by atoms with Gasteiger partial charge >= 0.3 is 0 Å². The molecular formula is C12H17ClN4O. The zero-order valence-corrected chi connectivity index (χ0v) is 11.2. The molecule has 5 nitrogen and oxygen atoms in total. The second-order valence-electron chi connectivity index (χ2n) is 4.43. The first kappa shape index (κ1) is 13.1. The van der Waals surface area contributed by atoms with Gasteiger partial charge in [-0.05, 0) is 19.3 Å². The summed E-state index contributed by atoms with van der Waals surface area (Å²) in [5.41, 5.74) is 5.45. The highest BCUT2D eigenvalue weighted by molar-refractivity contribution is 6.29. The zero-order chi connectivity index (χ0) is 13.1. The number of halogens is 1. The van der Waals surface area contributed by atoms with Gasteiger partial charge in [-0.15, -0.1) is 0 Å². The summed E-state index contributed by atoms with van der Waals surface area (Å²) in [5.74, 6) is 1.09. The van der Waals surface area contributed by atoms with Crippen LogP contribution in [0.4, 0.5) is 5.82 Å². The van der Waals surface area contributed by atoms with Gasteiger partial charge in [0.05, 0.1) is 0 Å². The predicted molar refractivity (Wildman–Crippen MR) is 70.6 cm³/mol. The van der Waals surface area contributed by atoms with Crippen LogP contribution in [0, 0.1) is 0 Å². The number of primary amides is 1. The molecule has 0 aromatic carbocycles. The summed E-state index contributed by atoms with van der Waals surface area (Å²) in [6.07, 6.45) is 3.54. The lowest BCUT2D eigenvalue weighted by molar-refractivity contribution is -0.119. The first-order chi connectivity index (χ1) is 8.61. The Kier molecular flexibility index (Phi) is 4.01. The first-order valence-corrected chi connectivity index (χ1v) is 6.59. The molecule has 98 valence electrons. The standard InChI is InChI=1S/C12H17ClN4O/c1-2-10-15-9(13)7-11(16-10)17-6-4-3-5-8(17)12(14)18/h7-8H,2-6H2,1H3,(H2,14,18). The van der Waals surface area contributed by atoms with Crippen LogP contribution in [0.25, 0.3) is 0 Å². The van der Waals surface area contributed by atoms with E-state index in [9.17, 15) is 4.79 Å². The maximum atomic E-state index is 11.5. The number of hydrogen-bond acceptors (Lipinski definition) is 4. The van der Waals surface area contributed by atoms with Crippen molar-refractivity contribution in [3.8, 4) is 0 Å². The van der Waals surface area contributed by atoms with Gasteiger partial charge in [0.1, 0.15) is 22.8 Å². The van der Waals surface area contributed by atoms with Crippen LogP contribution in [0.15, 0.2) is 6.07 Å². The topological polar surface area (TPSA) is 72.1 Å². The molecule has 1 amide bonds. The summed E-state index contributed by atoms with van der Waals surface area (Å²) in [5, 5.41) is 0.408. The van der Waals surface area contributed by atoms with Gasteiger partial charge < -0.3 is 10.6 Å². The van der Waals surface area contributed by atoms with Crippen LogP contribution in [-0.2, 0) is 11.2 Å². The van der Waals surface area contributed by atoms with Gasteiger partial charge in [-0.25, -0.2) is 9.97 Å². The normalized spacial score (nSPS) is 19.9. The SMILES string of the molecule is CCc1nc(Cl)cc(N2CCCCC2C(N)=O)n1. The Labute approximate surface area is 111 Å². The summed E-state index contributed by atoms with van der Waals surface area (Å²) >= 11 is 5.98. The molecular weight excluding hydrogens is 252 g/mol. The third kappa shape index (κ3) is 2.72. The van der Waals surface area contributed by atoms with Crippen LogP contribution in [0.2, 0.25) is 5.15 Å². The highest BCUT2D eigenvalue weighted by atomic mass is 35.5. The number of aryl methyl sites for hydroxylation is 1. The molecule has 1 aliphatic heterocycles. The number of rotatable bonds is 3. The van der Waals surface area contributed by atoms with Crippen molar-refractivity contribution < 1.29 is 4.79 Å². The number of aromatic nitrogens is 2. The molecule has 6 heteroatoms. The Morgan fingerprint density at radius 3 is 3.00 bits per heavy atom. The predicted octanol–water partition coefficient (Wildman–Crippen LogP) is 1.54. The second kappa shape index (κ2) is 5.52. The van der Waals surface area contributed by atoms with Crippen LogP contribution >= 0.6 is 11.6 Å². The molecule has 2 rings (SSSR count). The summed E-state index contributed by atoms with van der Waals surface area (Å²) in [7, 11) is 0. The Balaban J connectivity index is 2.33. The van der Waals surface area contributed by atoms with E-state index in [0.29, 0.717) is 23.2 Å². The van der Waals surface area contributed by atoms with Crippen molar-refractivity contribution in [3.63, 3.8) is 0 Å². The number of nitrogens with two attached hydrogens (primary N) is 1. The number of carbonyl (C=O) groups is 1. The van der Waals surface area contributed by atoms with Gasteiger partial charge in [-0.1, -0.05) is 18.5 Å². The van der Waals surface area contributed by atoms with Crippen molar-refractivity contribution in [2.24, 2.45) is 5.73 Å². The molecule has 1 atom stereocenters. The van der Waals surface area contributed by atoms with Crippen molar-refractivity contribution in [1.29, 1.82) is 0 Å². The van der Waals surface area contributed by atoms with Crippen molar-refractivity contribution in [2.75, 3.05) is 11.4 Å². The molecule has 1 aromatic heterocycles. The van der Waals surface area contributed by atoms with Gasteiger partial charge in [-0.2, -0.15) is 0 Å². The maximum Gasteiger partial charge on any atom is 0.240 e. The molecule has 1 fully saturated rings. The van der Waals surface area contributed by atoms with Crippen molar-refractivity contribution >= 4 is 23.3 Å². The molecule has 18 heavy (non-hydrogen) atoms. The molecule has 1 aliphatic rings. The van der Waals surface area contributed by atoms with Crippen molar-refractivity contribution in [3.05, 3.63) is 17.0 Å². The van der Waals surface area contributed by atoms with Crippen LogP contribution in [0.3, 0.4) is 0 Å². The molecule has 2 N–H and O–H groups in total. The van der Waals surface area contributed by atoms with Crippen molar-refractivity contribution in [2.45, 2.75) is 38.6 Å². The van der Waals surface area contributed by atoms with E-state index in [1.807, 2.05) is 11.8 Å². The lowest BCUT2D eigenvalue weighted by Crippen LogP contribution is -2.48. The molecule has 1 unspecified atom stereocenters. The van der Waals surface area contributed by atoms with Gasteiger partial charge in [0.2, 0.25) is 5.91 Å². The van der Waals surface area contributed by atoms with Gasteiger partial charge in [-0.3, -0.25) is 4.79 Å². The van der Waals surface area contributed by atoms with Crippen LogP contribution < -0.4 is 10.6 Å². The largest absolute Gasteiger partial charge is 0.368 e. The van der Waals surface area contributed by atoms with E-state index in [1.54, 1.807) is 6.07 Å². The van der Waals surface area contributed by atoms with E-state index in [0.717, 1.165) is 25.8 Å². The summed E-state index contributed by atoms with van der Waals surface area (Å²) in [6.45, 7) is 2.75. The molecule has 2 heterocycles. The van der Waals surface area contributed by atoms with E-state index in [1.165, 1.54) is 0 Å². The molecule has 0 aliphatic carbocycles. The third-order valence-electron chi connectivity index (χ3n) is 3.17. The molecule has 1 saturated heterocycles. The summed E-state index contributed by atoms with van der Waals surface area (Å²) < 4.78 is 0. The Bertz CT molecular complexity index is 452. The van der Waals surface area contributed by atoms with E-state index >= 15 is 0 Å². The van der Waals surface area contributed by atoms with E-state index in [-0.39, 0.29) is 11.9 Å². The summed E-state index contributed by atoms with van der Waals surface area (Å²) in [4.78, 5) is 22.0. The lowest BCUT2D eigenvalue weighted by atomic mass is 10.0. The number of anilines is 1.